The predicted octanol–water partition coefficient (Wildman–Crippen LogP) is 1.85. The molecule has 0 aliphatic rings. The number of ketones is 1. The Bertz CT molecular complexity index is 737. The highest BCUT2D eigenvalue weighted by atomic mass is 16.5. The Balaban J connectivity index is 3.38. The first-order chi connectivity index (χ1) is 12.2. The molecule has 1 amide bonds. The van der Waals surface area contributed by atoms with E-state index in [0.717, 1.165) is 14.0 Å². The number of Topliss-reactive ketones (excluding diaryl/α,β-unsaturated/α-hetero) is 1. The number of amides is 1. The van der Waals surface area contributed by atoms with E-state index in [-0.39, 0.29) is 5.56 Å². The maximum absolute atomic E-state index is 12.5. The molecule has 0 bridgehead atoms. The fourth-order valence-electron chi connectivity index (χ4n) is 1.27. The van der Waals surface area contributed by atoms with E-state index in [2.05, 4.69) is 4.74 Å². The van der Waals surface area contributed by atoms with E-state index in [9.17, 15) is 9.59 Å². The number of methoxy groups -OCH3 is 1. The standard InChI is InChI=1S/C15H21NO3/c1-11-4-6-13(7-5-11)9-16-15(18)14(10-19-3)8-12(2)17/h4-7,14H,8-10H2,1-3H3,(H,16,18)/i4D,5D,6D,7D,9D2,10D2. The summed E-state index contributed by atoms with van der Waals surface area (Å²) in [6, 6.07) is -2.21. The molecule has 0 saturated carbocycles. The lowest BCUT2D eigenvalue weighted by Gasteiger charge is -2.14. The van der Waals surface area contributed by atoms with Gasteiger partial charge in [-0.2, -0.15) is 0 Å². The van der Waals surface area contributed by atoms with Gasteiger partial charge in [-0.25, -0.2) is 0 Å². The number of carbonyl (C=O) groups is 2. The van der Waals surface area contributed by atoms with E-state index < -0.39 is 66.8 Å². The number of ether oxygens (including phenoxy) is 1. The normalized spacial score (nSPS) is 19.5. The highest BCUT2D eigenvalue weighted by Crippen LogP contribution is 2.07. The number of benzene rings is 1. The molecule has 0 spiro atoms. The molecule has 0 fully saturated rings. The van der Waals surface area contributed by atoms with Crippen LogP contribution in [0.5, 0.6) is 0 Å². The lowest BCUT2D eigenvalue weighted by Crippen LogP contribution is -2.33. The van der Waals surface area contributed by atoms with Crippen molar-refractivity contribution >= 4 is 11.7 Å². The molecule has 4 heteroatoms. The number of hydrogen-bond donors (Lipinski definition) is 1. The highest BCUT2D eigenvalue weighted by Gasteiger charge is 2.19. The molecular weight excluding hydrogens is 242 g/mol. The smallest absolute Gasteiger partial charge is 0.226 e. The molecule has 0 aliphatic heterocycles. The van der Waals surface area contributed by atoms with E-state index in [1.54, 1.807) is 0 Å². The van der Waals surface area contributed by atoms with Gasteiger partial charge in [0.25, 0.3) is 0 Å². The Hall–Kier alpha value is -1.68. The van der Waals surface area contributed by atoms with Crippen molar-refractivity contribution in [3.8, 4) is 0 Å². The summed E-state index contributed by atoms with van der Waals surface area (Å²) in [5.41, 5.74) is -0.656. The molecule has 1 atom stereocenters. The van der Waals surface area contributed by atoms with Crippen LogP contribution in [-0.2, 0) is 20.8 Å². The second-order valence-corrected chi connectivity index (χ2v) is 3.89. The monoisotopic (exact) mass is 271 g/mol. The number of nitrogens with one attached hydrogen (secondary N) is 1. The van der Waals surface area contributed by atoms with Crippen LogP contribution in [0.3, 0.4) is 0 Å². The van der Waals surface area contributed by atoms with E-state index in [4.69, 9.17) is 11.0 Å². The zero-order valence-electron chi connectivity index (χ0n) is 19.0. The second-order valence-electron chi connectivity index (χ2n) is 3.89. The Morgan fingerprint density at radius 3 is 2.58 bits per heavy atom. The number of rotatable bonds is 7. The molecule has 4 nitrogen and oxygen atoms in total. The molecule has 104 valence electrons. The first kappa shape index (κ1) is 7.20. The molecule has 1 rings (SSSR count). The van der Waals surface area contributed by atoms with Gasteiger partial charge in [-0.1, -0.05) is 29.7 Å². The van der Waals surface area contributed by atoms with Crippen LogP contribution in [-0.4, -0.2) is 25.4 Å². The molecule has 0 saturated heterocycles. The third-order valence-corrected chi connectivity index (χ3v) is 2.13. The molecule has 1 unspecified atom stereocenters. The SMILES string of the molecule is [2H]c1c([2H])c(C([2H])([2H])NC(=O)C(CC(C)=O)C([2H])([2H])OC)c([2H])c([2H])c1C. The Labute approximate surface area is 125 Å². The van der Waals surface area contributed by atoms with E-state index >= 15 is 0 Å². The summed E-state index contributed by atoms with van der Waals surface area (Å²) in [4.78, 5) is 23.9. The molecule has 19 heavy (non-hydrogen) atoms. The summed E-state index contributed by atoms with van der Waals surface area (Å²) < 4.78 is 67.6. The van der Waals surface area contributed by atoms with Gasteiger partial charge in [-0.3, -0.25) is 4.79 Å². The van der Waals surface area contributed by atoms with Crippen molar-refractivity contribution in [2.75, 3.05) is 13.7 Å². The van der Waals surface area contributed by atoms with Gasteiger partial charge in [0.05, 0.1) is 23.4 Å². The molecule has 1 aromatic rings. The second kappa shape index (κ2) is 7.69. The minimum absolute atomic E-state index is 0.0287. The quantitative estimate of drug-likeness (QED) is 0.823. The Morgan fingerprint density at radius 2 is 2.05 bits per heavy atom. The van der Waals surface area contributed by atoms with Crippen LogP contribution in [0.25, 0.3) is 0 Å². The summed E-state index contributed by atoms with van der Waals surface area (Å²) in [7, 11) is 0.998. The molecule has 0 aliphatic carbocycles. The largest absolute Gasteiger partial charge is 0.384 e. The van der Waals surface area contributed by atoms with Gasteiger partial charge in [-0.15, -0.1) is 0 Å². The van der Waals surface area contributed by atoms with Crippen molar-refractivity contribution in [2.24, 2.45) is 5.92 Å². The zero-order chi connectivity index (χ0) is 21.3. The Kier molecular flexibility index (Phi) is 2.91. The van der Waals surface area contributed by atoms with Gasteiger partial charge in [0, 0.05) is 20.0 Å². The van der Waals surface area contributed by atoms with Gasteiger partial charge >= 0.3 is 0 Å². The lowest BCUT2D eigenvalue weighted by atomic mass is 10.0. The van der Waals surface area contributed by atoms with E-state index in [1.807, 2.05) is 5.32 Å². The average molecular weight is 271 g/mol. The van der Waals surface area contributed by atoms with Crippen LogP contribution in [0.1, 0.15) is 35.4 Å². The summed E-state index contributed by atoms with van der Waals surface area (Å²) in [5.74, 6) is -3.38. The van der Waals surface area contributed by atoms with Crippen molar-refractivity contribution in [1.82, 2.24) is 5.32 Å². The maximum atomic E-state index is 12.5. The van der Waals surface area contributed by atoms with Crippen LogP contribution >= 0.6 is 0 Å². The predicted molar refractivity (Wildman–Crippen MR) is 73.7 cm³/mol. The van der Waals surface area contributed by atoms with Crippen LogP contribution in [0.15, 0.2) is 24.2 Å². The first-order valence-electron chi connectivity index (χ1n) is 9.61. The fraction of sp³-hybridized carbons (Fsp3) is 0.467. The van der Waals surface area contributed by atoms with Gasteiger partial charge < -0.3 is 14.8 Å². The molecule has 1 aromatic carbocycles. The molecule has 0 radical (unpaired) electrons. The van der Waals surface area contributed by atoms with Gasteiger partial charge in [0.2, 0.25) is 5.91 Å². The third-order valence-electron chi connectivity index (χ3n) is 2.13. The average Bonchev–Trinajstić information content (AvgIpc) is 2.55. The van der Waals surface area contributed by atoms with Crippen LogP contribution < -0.4 is 5.32 Å². The van der Waals surface area contributed by atoms with E-state index in [0.29, 0.717) is 0 Å². The molecular formula is C15H21NO3. The minimum Gasteiger partial charge on any atom is -0.384 e. The van der Waals surface area contributed by atoms with Crippen molar-refractivity contribution in [3.63, 3.8) is 0 Å². The maximum Gasteiger partial charge on any atom is 0.226 e. The van der Waals surface area contributed by atoms with Gasteiger partial charge in [0.15, 0.2) is 0 Å². The third kappa shape index (κ3) is 5.66. The summed E-state index contributed by atoms with van der Waals surface area (Å²) in [6.45, 7) is -2.91. The van der Waals surface area contributed by atoms with Crippen LogP contribution in [0, 0.1) is 12.8 Å². The summed E-state index contributed by atoms with van der Waals surface area (Å²) >= 11 is 0. The lowest BCUT2D eigenvalue weighted by molar-refractivity contribution is -0.130. The molecule has 1 N–H and O–H groups in total. The fourth-order valence-corrected chi connectivity index (χ4v) is 1.27. The summed E-state index contributed by atoms with van der Waals surface area (Å²) in [6.07, 6.45) is -0.550. The minimum atomic E-state index is -2.84. The topological polar surface area (TPSA) is 55.4 Å². The van der Waals surface area contributed by atoms with Crippen LogP contribution in [0.2, 0.25) is 0 Å². The van der Waals surface area contributed by atoms with Crippen molar-refractivity contribution in [1.29, 1.82) is 0 Å². The van der Waals surface area contributed by atoms with Crippen LogP contribution in [0.4, 0.5) is 0 Å². The highest BCUT2D eigenvalue weighted by molar-refractivity contribution is 5.85. The molecule has 0 aromatic heterocycles. The molecule has 0 heterocycles. The zero-order valence-corrected chi connectivity index (χ0v) is 11.0. The number of carbonyl (C=O) groups excluding carboxylic acids is 2. The first-order valence-corrected chi connectivity index (χ1v) is 5.61. The van der Waals surface area contributed by atoms with E-state index in [1.165, 1.54) is 6.92 Å². The van der Waals surface area contributed by atoms with Crippen molar-refractivity contribution < 1.29 is 25.3 Å². The number of hydrogen-bond acceptors (Lipinski definition) is 3. The Morgan fingerprint density at radius 1 is 1.42 bits per heavy atom. The van der Waals surface area contributed by atoms with Crippen molar-refractivity contribution in [2.45, 2.75) is 26.8 Å². The van der Waals surface area contributed by atoms with Gasteiger partial charge in [0.1, 0.15) is 5.78 Å². The van der Waals surface area contributed by atoms with Crippen molar-refractivity contribution in [3.05, 3.63) is 35.3 Å². The van der Waals surface area contributed by atoms with Gasteiger partial charge in [-0.05, 0) is 19.4 Å². The summed E-state index contributed by atoms with van der Waals surface area (Å²) in [5, 5.41) is 1.89.